The lowest BCUT2D eigenvalue weighted by Crippen LogP contribution is -2.65. The highest BCUT2D eigenvalue weighted by molar-refractivity contribution is 5.76. The second kappa shape index (κ2) is 50.0. The van der Waals surface area contributed by atoms with Crippen LogP contribution in [0.4, 0.5) is 0 Å². The van der Waals surface area contributed by atoms with Crippen molar-refractivity contribution in [3.8, 4) is 0 Å². The van der Waals surface area contributed by atoms with Crippen molar-refractivity contribution in [3.05, 3.63) is 24.3 Å². The van der Waals surface area contributed by atoms with Crippen LogP contribution in [-0.2, 0) is 23.7 Å². The van der Waals surface area contributed by atoms with Gasteiger partial charge in [0.2, 0.25) is 5.91 Å². The Morgan fingerprint density at radius 1 is 0.449 bits per heavy atom. The molecule has 0 spiro atoms. The van der Waals surface area contributed by atoms with E-state index in [-0.39, 0.29) is 18.9 Å². The summed E-state index contributed by atoms with van der Waals surface area (Å²) in [5.41, 5.74) is 0. The Morgan fingerprint density at radius 2 is 0.808 bits per heavy atom. The highest BCUT2D eigenvalue weighted by Gasteiger charge is 2.51. The SMILES string of the molecule is CCCCCCC/C=C/C(O)C(COC1OC(CO)C(OC2OC(CO)C(O)C(O)C2O)C(O)C1O)NC(=O)CCCCCCCCCCCCCCCCCCCCCCCCCCC/C=C\CCCCCCCCCC. The Labute approximate surface area is 475 Å². The van der Waals surface area contributed by atoms with E-state index in [2.05, 4.69) is 31.3 Å². The number of allylic oxidation sites excluding steroid dienone is 3. The maximum atomic E-state index is 13.2. The van der Waals surface area contributed by atoms with Crippen LogP contribution < -0.4 is 5.32 Å². The maximum Gasteiger partial charge on any atom is 0.220 e. The molecular weight excluding hydrogens is 991 g/mol. The molecule has 2 fully saturated rings. The second-order valence-corrected chi connectivity index (χ2v) is 23.2. The molecule has 14 nitrogen and oxygen atoms in total. The number of carbonyl (C=O) groups is 1. The normalized spacial score (nSPS) is 24.6. The van der Waals surface area contributed by atoms with Crippen molar-refractivity contribution < 1.29 is 64.6 Å². The van der Waals surface area contributed by atoms with Crippen LogP contribution in [0.3, 0.4) is 0 Å². The predicted octanol–water partition coefficient (Wildman–Crippen LogP) is 12.0. The number of nitrogens with one attached hydrogen (secondary N) is 1. The molecule has 2 heterocycles. The molecule has 2 saturated heterocycles. The molecule has 2 rings (SSSR count). The molecule has 0 radical (unpaired) electrons. The van der Waals surface area contributed by atoms with Crippen molar-refractivity contribution in [2.45, 2.75) is 357 Å². The predicted molar refractivity (Wildman–Crippen MR) is 314 cm³/mol. The number of rotatable bonds is 53. The second-order valence-electron chi connectivity index (χ2n) is 23.2. The summed E-state index contributed by atoms with van der Waals surface area (Å²) in [7, 11) is 0. The van der Waals surface area contributed by atoms with E-state index in [1.807, 2.05) is 6.08 Å². The van der Waals surface area contributed by atoms with Gasteiger partial charge in [0, 0.05) is 6.42 Å². The minimum atomic E-state index is -1.78. The third-order valence-electron chi connectivity index (χ3n) is 16.1. The number of amides is 1. The number of hydrogen-bond acceptors (Lipinski definition) is 13. The van der Waals surface area contributed by atoms with Crippen LogP contribution in [0.2, 0.25) is 0 Å². The maximum absolute atomic E-state index is 13.2. The third kappa shape index (κ3) is 34.8. The molecule has 0 aromatic carbocycles. The fraction of sp³-hybridized carbons (Fsp3) is 0.922. The van der Waals surface area contributed by atoms with Gasteiger partial charge < -0.3 is 65.1 Å². The van der Waals surface area contributed by atoms with Gasteiger partial charge in [0.25, 0.3) is 0 Å². The first kappa shape index (κ1) is 72.6. The van der Waals surface area contributed by atoms with Crippen molar-refractivity contribution in [3.63, 3.8) is 0 Å². The van der Waals surface area contributed by atoms with E-state index in [9.17, 15) is 45.6 Å². The van der Waals surface area contributed by atoms with Crippen LogP contribution in [0.1, 0.15) is 284 Å². The van der Waals surface area contributed by atoms with Gasteiger partial charge in [0.1, 0.15) is 48.8 Å². The van der Waals surface area contributed by atoms with Gasteiger partial charge in [-0.3, -0.25) is 4.79 Å². The van der Waals surface area contributed by atoms with Crippen molar-refractivity contribution in [1.29, 1.82) is 0 Å². The highest BCUT2D eigenvalue weighted by atomic mass is 16.7. The summed E-state index contributed by atoms with van der Waals surface area (Å²) in [6.07, 6.45) is 44.6. The van der Waals surface area contributed by atoms with E-state index in [1.165, 1.54) is 205 Å². The Morgan fingerprint density at radius 3 is 1.22 bits per heavy atom. The van der Waals surface area contributed by atoms with Crippen molar-refractivity contribution in [1.82, 2.24) is 5.32 Å². The van der Waals surface area contributed by atoms with Gasteiger partial charge in [-0.25, -0.2) is 0 Å². The molecule has 0 bridgehead atoms. The zero-order chi connectivity index (χ0) is 56.7. The van der Waals surface area contributed by atoms with E-state index < -0.39 is 86.8 Å². The van der Waals surface area contributed by atoms with Crippen molar-refractivity contribution in [2.75, 3.05) is 19.8 Å². The average molecular weight is 1110 g/mol. The van der Waals surface area contributed by atoms with Crippen LogP contribution >= 0.6 is 0 Å². The lowest BCUT2D eigenvalue weighted by Gasteiger charge is -2.46. The number of hydrogen-bond donors (Lipinski definition) is 9. The Bertz CT molecular complexity index is 1400. The summed E-state index contributed by atoms with van der Waals surface area (Å²) >= 11 is 0. The number of aliphatic hydroxyl groups is 8. The van der Waals surface area contributed by atoms with Gasteiger partial charge in [0.05, 0.1) is 32.0 Å². The van der Waals surface area contributed by atoms with Gasteiger partial charge in [-0.1, -0.05) is 256 Å². The summed E-state index contributed by atoms with van der Waals surface area (Å²) in [5, 5.41) is 86.7. The molecule has 2 aliphatic rings. The van der Waals surface area contributed by atoms with Gasteiger partial charge in [0.15, 0.2) is 12.6 Å². The van der Waals surface area contributed by atoms with Gasteiger partial charge in [-0.2, -0.15) is 0 Å². The van der Waals surface area contributed by atoms with Crippen LogP contribution in [0.15, 0.2) is 24.3 Å². The molecule has 0 aromatic heterocycles. The fourth-order valence-corrected chi connectivity index (χ4v) is 10.9. The summed E-state index contributed by atoms with van der Waals surface area (Å²) in [4.78, 5) is 13.2. The molecule has 14 heteroatoms. The number of ether oxygens (including phenoxy) is 4. The molecule has 78 heavy (non-hydrogen) atoms. The molecule has 2 aliphatic heterocycles. The van der Waals surface area contributed by atoms with Gasteiger partial charge in [-0.05, 0) is 44.9 Å². The Balaban J connectivity index is 1.50. The van der Waals surface area contributed by atoms with E-state index in [4.69, 9.17) is 18.9 Å². The molecule has 12 unspecified atom stereocenters. The summed E-state index contributed by atoms with van der Waals surface area (Å²) < 4.78 is 22.7. The highest BCUT2D eigenvalue weighted by Crippen LogP contribution is 2.30. The topological polar surface area (TPSA) is 228 Å². The number of carbonyl (C=O) groups excluding carboxylic acids is 1. The Hall–Kier alpha value is -1.53. The number of aliphatic hydroxyl groups excluding tert-OH is 8. The quantitative estimate of drug-likeness (QED) is 0.0204. The van der Waals surface area contributed by atoms with Crippen LogP contribution in [0, 0.1) is 0 Å². The Kier molecular flexibility index (Phi) is 46.5. The first-order chi connectivity index (χ1) is 38.1. The van der Waals surface area contributed by atoms with Crippen LogP contribution in [0.25, 0.3) is 0 Å². The zero-order valence-electron chi connectivity index (χ0n) is 49.7. The number of unbranched alkanes of at least 4 members (excludes halogenated alkanes) is 38. The summed E-state index contributed by atoms with van der Waals surface area (Å²) in [5.74, 6) is -0.239. The smallest absolute Gasteiger partial charge is 0.220 e. The lowest BCUT2D eigenvalue weighted by molar-refractivity contribution is -0.359. The molecule has 0 saturated carbocycles. The van der Waals surface area contributed by atoms with Crippen molar-refractivity contribution in [2.24, 2.45) is 0 Å². The summed E-state index contributed by atoms with van der Waals surface area (Å²) in [6, 6.07) is -0.908. The van der Waals surface area contributed by atoms with Crippen LogP contribution in [0.5, 0.6) is 0 Å². The van der Waals surface area contributed by atoms with Crippen molar-refractivity contribution >= 4 is 5.91 Å². The average Bonchev–Trinajstić information content (AvgIpc) is 3.46. The molecule has 1 amide bonds. The largest absolute Gasteiger partial charge is 0.394 e. The standard InChI is InChI=1S/C64H121NO13/c1-3-5-7-9-11-12-13-14-15-16-17-18-19-20-21-22-23-24-25-26-27-28-29-30-31-32-33-34-35-36-37-38-39-40-42-44-46-48-56(69)65-52(53(68)47-45-43-41-10-8-6-4-2)51-75-63-61(74)59(72)62(55(50-67)77-63)78-64-60(73)58(71)57(70)54(49-66)76-64/h16-17,45,47,52-55,57-64,66-68,70-74H,3-15,18-44,46,48-51H2,1-2H3,(H,65,69)/b17-16-,47-45+. The molecule has 9 N–H and O–H groups in total. The monoisotopic (exact) mass is 1110 g/mol. The lowest BCUT2D eigenvalue weighted by atomic mass is 9.97. The molecular formula is C64H121NO13. The first-order valence-electron chi connectivity index (χ1n) is 32.6. The molecule has 0 aromatic rings. The van der Waals surface area contributed by atoms with Crippen LogP contribution in [-0.4, -0.2) is 140 Å². The van der Waals surface area contributed by atoms with Gasteiger partial charge >= 0.3 is 0 Å². The summed E-state index contributed by atoms with van der Waals surface area (Å²) in [6.45, 7) is 2.74. The minimum Gasteiger partial charge on any atom is -0.394 e. The zero-order valence-corrected chi connectivity index (χ0v) is 49.7. The fourth-order valence-electron chi connectivity index (χ4n) is 10.9. The van der Waals surface area contributed by atoms with Gasteiger partial charge in [-0.15, -0.1) is 0 Å². The molecule has 12 atom stereocenters. The minimum absolute atomic E-state index is 0.239. The third-order valence-corrected chi connectivity index (χ3v) is 16.1. The van der Waals surface area contributed by atoms with E-state index in [0.717, 1.165) is 51.4 Å². The first-order valence-corrected chi connectivity index (χ1v) is 32.6. The molecule has 460 valence electrons. The van der Waals surface area contributed by atoms with E-state index >= 15 is 0 Å². The van der Waals surface area contributed by atoms with E-state index in [0.29, 0.717) is 6.42 Å². The molecule has 0 aliphatic carbocycles. The van der Waals surface area contributed by atoms with E-state index in [1.54, 1.807) is 6.08 Å².